The van der Waals surface area contributed by atoms with Gasteiger partial charge in [0, 0.05) is 25.3 Å². The Morgan fingerprint density at radius 2 is 2.11 bits per heavy atom. The van der Waals surface area contributed by atoms with Gasteiger partial charge in [-0.25, -0.2) is 0 Å². The van der Waals surface area contributed by atoms with Gasteiger partial charge in [0.2, 0.25) is 16.9 Å². The third kappa shape index (κ3) is 5.78. The van der Waals surface area contributed by atoms with E-state index in [0.29, 0.717) is 34.2 Å². The molecule has 2 heterocycles. The van der Waals surface area contributed by atoms with Crippen LogP contribution in [0.15, 0.2) is 39.2 Å². The summed E-state index contributed by atoms with van der Waals surface area (Å²) in [6.07, 6.45) is 0. The van der Waals surface area contributed by atoms with E-state index in [1.807, 2.05) is 31.2 Å². The average Bonchev–Trinajstić information content (AvgIpc) is 3.31. The number of hydrogen-bond donors (Lipinski definition) is 2. The number of hydrogen-bond acceptors (Lipinski definition) is 9. The van der Waals surface area contributed by atoms with Gasteiger partial charge in [-0.15, -0.1) is 10.2 Å². The molecule has 0 fully saturated rings. The highest BCUT2D eigenvalue weighted by Crippen LogP contribution is 2.26. The molecule has 3 aromatic rings. The number of nitrogens with one attached hydrogen (secondary N) is 2. The molecule has 0 spiro atoms. The van der Waals surface area contributed by atoms with E-state index in [1.54, 1.807) is 13.2 Å². The molecule has 0 atom stereocenters. The summed E-state index contributed by atoms with van der Waals surface area (Å²) in [6, 6.07) is 9.62. The van der Waals surface area contributed by atoms with E-state index in [9.17, 15) is 4.79 Å². The van der Waals surface area contributed by atoms with Gasteiger partial charge in [-0.3, -0.25) is 10.1 Å². The number of amides is 1. The SMILES string of the molecule is COCCNc1nnc(SCC(=O)Nc2cc(-c3ccc(C)cc3)no2)s1. The standard InChI is InChI=1S/C17H19N5O3S2/c1-11-3-5-12(6-4-11)13-9-15(25-22-13)19-14(23)10-26-17-21-20-16(27-17)18-7-8-24-2/h3-6,9H,7-8,10H2,1-2H3,(H,18,20)(H,19,23). The van der Waals surface area contributed by atoms with Gasteiger partial charge in [-0.05, 0) is 6.92 Å². The van der Waals surface area contributed by atoms with Crippen molar-refractivity contribution in [2.24, 2.45) is 0 Å². The summed E-state index contributed by atoms with van der Waals surface area (Å²) in [5, 5.41) is 18.5. The van der Waals surface area contributed by atoms with Crippen LogP contribution in [-0.2, 0) is 9.53 Å². The van der Waals surface area contributed by atoms with E-state index in [-0.39, 0.29) is 11.7 Å². The van der Waals surface area contributed by atoms with E-state index in [0.717, 1.165) is 5.56 Å². The van der Waals surface area contributed by atoms with E-state index in [2.05, 4.69) is 26.0 Å². The molecule has 0 saturated carbocycles. The van der Waals surface area contributed by atoms with E-state index >= 15 is 0 Å². The normalized spacial score (nSPS) is 10.7. The predicted octanol–water partition coefficient (Wildman–Crippen LogP) is 3.29. The Kier molecular flexibility index (Phi) is 6.80. The number of nitrogens with zero attached hydrogens (tertiary/aromatic N) is 3. The minimum atomic E-state index is -0.198. The summed E-state index contributed by atoms with van der Waals surface area (Å²) in [4.78, 5) is 12.1. The Labute approximate surface area is 164 Å². The first-order valence-corrected chi connectivity index (χ1v) is 9.97. The van der Waals surface area contributed by atoms with Crippen LogP contribution in [0, 0.1) is 6.92 Å². The molecule has 3 rings (SSSR count). The van der Waals surface area contributed by atoms with Crippen molar-refractivity contribution in [3.8, 4) is 11.3 Å². The van der Waals surface area contributed by atoms with E-state index in [4.69, 9.17) is 9.26 Å². The second-order valence-corrected chi connectivity index (χ2v) is 7.77. The number of methoxy groups -OCH3 is 1. The van der Waals surface area contributed by atoms with Crippen LogP contribution in [0.4, 0.5) is 11.0 Å². The van der Waals surface area contributed by atoms with Gasteiger partial charge in [-0.1, -0.05) is 58.1 Å². The Bertz CT molecular complexity index is 879. The molecule has 27 heavy (non-hydrogen) atoms. The number of aryl methyl sites for hydroxylation is 1. The summed E-state index contributed by atoms with van der Waals surface area (Å²) < 4.78 is 10.9. The summed E-state index contributed by atoms with van der Waals surface area (Å²) in [5.41, 5.74) is 2.77. The minimum absolute atomic E-state index is 0.198. The van der Waals surface area contributed by atoms with Crippen LogP contribution in [0.3, 0.4) is 0 Å². The van der Waals surface area contributed by atoms with Crippen molar-refractivity contribution < 1.29 is 14.1 Å². The molecule has 0 aliphatic carbocycles. The molecule has 0 bridgehead atoms. The van der Waals surface area contributed by atoms with Crippen molar-refractivity contribution >= 4 is 40.0 Å². The molecule has 0 aliphatic heterocycles. The number of thioether (sulfide) groups is 1. The Morgan fingerprint density at radius 3 is 2.89 bits per heavy atom. The number of aromatic nitrogens is 3. The van der Waals surface area contributed by atoms with Crippen molar-refractivity contribution in [3.63, 3.8) is 0 Å². The number of ether oxygens (including phenoxy) is 1. The minimum Gasteiger partial charge on any atom is -0.383 e. The number of anilines is 2. The van der Waals surface area contributed by atoms with Gasteiger partial charge in [0.1, 0.15) is 5.69 Å². The van der Waals surface area contributed by atoms with Gasteiger partial charge in [-0.2, -0.15) is 0 Å². The van der Waals surface area contributed by atoms with E-state index in [1.165, 1.54) is 28.7 Å². The predicted molar refractivity (Wildman–Crippen MR) is 106 cm³/mol. The topological polar surface area (TPSA) is 102 Å². The first-order chi connectivity index (χ1) is 13.1. The fraction of sp³-hybridized carbons (Fsp3) is 0.294. The maximum Gasteiger partial charge on any atom is 0.237 e. The largest absolute Gasteiger partial charge is 0.383 e. The van der Waals surface area contributed by atoms with Crippen LogP contribution in [0.2, 0.25) is 0 Å². The summed E-state index contributed by atoms with van der Waals surface area (Å²) in [6.45, 7) is 3.27. The van der Waals surface area contributed by atoms with Crippen LogP contribution >= 0.6 is 23.1 Å². The van der Waals surface area contributed by atoms with Gasteiger partial charge in [0.25, 0.3) is 0 Å². The van der Waals surface area contributed by atoms with Crippen LogP contribution in [0.1, 0.15) is 5.56 Å². The van der Waals surface area contributed by atoms with Crippen molar-refractivity contribution in [2.75, 3.05) is 36.6 Å². The quantitative estimate of drug-likeness (QED) is 0.413. The van der Waals surface area contributed by atoms with Crippen molar-refractivity contribution in [1.29, 1.82) is 0 Å². The zero-order valence-electron chi connectivity index (χ0n) is 14.9. The molecule has 10 heteroatoms. The summed E-state index contributed by atoms with van der Waals surface area (Å²) in [5.74, 6) is 0.318. The van der Waals surface area contributed by atoms with Gasteiger partial charge in [0.05, 0.1) is 12.4 Å². The smallest absolute Gasteiger partial charge is 0.237 e. The van der Waals surface area contributed by atoms with Crippen molar-refractivity contribution in [3.05, 3.63) is 35.9 Å². The van der Waals surface area contributed by atoms with Gasteiger partial charge < -0.3 is 14.6 Å². The number of rotatable bonds is 9. The maximum atomic E-state index is 12.1. The summed E-state index contributed by atoms with van der Waals surface area (Å²) in [7, 11) is 1.64. The van der Waals surface area contributed by atoms with E-state index < -0.39 is 0 Å². The Balaban J connectivity index is 1.48. The lowest BCUT2D eigenvalue weighted by Crippen LogP contribution is -2.13. The molecule has 1 amide bonds. The molecule has 1 aromatic carbocycles. The first kappa shape index (κ1) is 19.3. The molecule has 0 unspecified atom stereocenters. The molecule has 142 valence electrons. The number of carbonyl (C=O) groups is 1. The molecule has 0 radical (unpaired) electrons. The number of carbonyl (C=O) groups excluding carboxylic acids is 1. The van der Waals surface area contributed by atoms with Crippen molar-refractivity contribution in [1.82, 2.24) is 15.4 Å². The van der Waals surface area contributed by atoms with Crippen LogP contribution in [-0.4, -0.2) is 47.3 Å². The second-order valence-electron chi connectivity index (χ2n) is 5.57. The first-order valence-electron chi connectivity index (χ1n) is 8.17. The molecule has 0 saturated heterocycles. The van der Waals surface area contributed by atoms with Gasteiger partial charge in [0.15, 0.2) is 4.34 Å². The monoisotopic (exact) mass is 405 g/mol. The highest BCUT2D eigenvalue weighted by Gasteiger charge is 2.12. The van der Waals surface area contributed by atoms with Crippen LogP contribution in [0.5, 0.6) is 0 Å². The molecular weight excluding hydrogens is 386 g/mol. The fourth-order valence-corrected chi connectivity index (χ4v) is 3.67. The fourth-order valence-electron chi connectivity index (χ4n) is 2.09. The van der Waals surface area contributed by atoms with Crippen molar-refractivity contribution in [2.45, 2.75) is 11.3 Å². The lowest BCUT2D eigenvalue weighted by molar-refractivity contribution is -0.113. The Hall–Kier alpha value is -2.43. The third-order valence-electron chi connectivity index (χ3n) is 3.44. The highest BCUT2D eigenvalue weighted by molar-refractivity contribution is 8.01. The molecule has 0 aliphatic rings. The molecule has 2 aromatic heterocycles. The zero-order valence-corrected chi connectivity index (χ0v) is 16.5. The average molecular weight is 406 g/mol. The molecule has 8 nitrogen and oxygen atoms in total. The summed E-state index contributed by atoms with van der Waals surface area (Å²) >= 11 is 2.70. The van der Waals surface area contributed by atoms with Crippen LogP contribution in [0.25, 0.3) is 11.3 Å². The lowest BCUT2D eigenvalue weighted by atomic mass is 10.1. The Morgan fingerprint density at radius 1 is 1.30 bits per heavy atom. The lowest BCUT2D eigenvalue weighted by Gasteiger charge is -1.99. The second kappa shape index (κ2) is 9.49. The maximum absolute atomic E-state index is 12.1. The van der Waals surface area contributed by atoms with Gasteiger partial charge >= 0.3 is 0 Å². The number of benzene rings is 1. The molecule has 2 N–H and O–H groups in total. The molecular formula is C17H19N5O3S2. The third-order valence-corrected chi connectivity index (χ3v) is 5.45. The van der Waals surface area contributed by atoms with Crippen LogP contribution < -0.4 is 10.6 Å². The highest BCUT2D eigenvalue weighted by atomic mass is 32.2. The zero-order chi connectivity index (χ0) is 19.1.